The monoisotopic (exact) mass is 419 g/mol. The Bertz CT molecular complexity index is 1180. The molecule has 1 aliphatic heterocycles. The van der Waals surface area contributed by atoms with Crippen LogP contribution in [0.25, 0.3) is 21.1 Å². The summed E-state index contributed by atoms with van der Waals surface area (Å²) in [5, 5.41) is 1.87. The number of ether oxygens (including phenoxy) is 1. The maximum absolute atomic E-state index is 12.8. The molecule has 1 amide bonds. The fraction of sp³-hybridized carbons (Fsp3) is 0.333. The Balaban J connectivity index is 1.21. The number of hydrogen-bond acceptors (Lipinski definition) is 4. The number of carbonyl (C=O) groups is 1. The van der Waals surface area contributed by atoms with Crippen LogP contribution in [0, 0.1) is 13.8 Å². The second-order valence-corrected chi connectivity index (χ2v) is 9.05. The van der Waals surface area contributed by atoms with Crippen LogP contribution < -0.4 is 4.74 Å². The number of rotatable bonds is 4. The number of carbonyl (C=O) groups excluding carboxylic acids is 1. The molecular formula is C24H25N3O2S. The Kier molecular flexibility index (Phi) is 4.95. The number of fused-ring (bicyclic) bond motifs is 2. The number of para-hydroxylation sites is 1. The van der Waals surface area contributed by atoms with E-state index in [1.807, 2.05) is 29.3 Å². The fourth-order valence-electron chi connectivity index (χ4n) is 4.21. The quantitative estimate of drug-likeness (QED) is 0.506. The van der Waals surface area contributed by atoms with Crippen LogP contribution in [0.15, 0.2) is 42.6 Å². The third-order valence-electron chi connectivity index (χ3n) is 6.00. The number of likely N-dealkylation sites (tertiary alicyclic amines) is 1. The van der Waals surface area contributed by atoms with Crippen LogP contribution in [0.1, 0.15) is 29.5 Å². The highest BCUT2D eigenvalue weighted by molar-refractivity contribution is 7.20. The van der Waals surface area contributed by atoms with Crippen LogP contribution in [-0.2, 0) is 11.2 Å². The Hall–Kier alpha value is -2.86. The largest absolute Gasteiger partial charge is 0.467 e. The third kappa shape index (κ3) is 3.56. The Morgan fingerprint density at radius 2 is 1.93 bits per heavy atom. The fourth-order valence-corrected chi connectivity index (χ4v) is 5.24. The van der Waals surface area contributed by atoms with Crippen LogP contribution >= 0.6 is 11.3 Å². The first-order valence-electron chi connectivity index (χ1n) is 10.4. The van der Waals surface area contributed by atoms with Crippen LogP contribution in [0.2, 0.25) is 0 Å². The third-order valence-corrected chi connectivity index (χ3v) is 7.08. The van der Waals surface area contributed by atoms with Gasteiger partial charge in [0.15, 0.2) is 0 Å². The summed E-state index contributed by atoms with van der Waals surface area (Å²) in [4.78, 5) is 22.8. The number of hydrogen-bond donors (Lipinski definition) is 1. The van der Waals surface area contributed by atoms with Crippen molar-refractivity contribution in [1.82, 2.24) is 14.9 Å². The molecule has 6 heteroatoms. The smallest absolute Gasteiger partial charge is 0.274 e. The zero-order valence-electron chi connectivity index (χ0n) is 17.3. The van der Waals surface area contributed by atoms with Crippen LogP contribution in [0.3, 0.4) is 0 Å². The molecule has 5 rings (SSSR count). The van der Waals surface area contributed by atoms with E-state index in [9.17, 15) is 4.79 Å². The van der Waals surface area contributed by atoms with Gasteiger partial charge in [0.1, 0.15) is 6.10 Å². The summed E-state index contributed by atoms with van der Waals surface area (Å²) in [5.41, 5.74) is 5.60. The molecule has 3 heterocycles. The van der Waals surface area contributed by atoms with Gasteiger partial charge in [-0.15, -0.1) is 0 Å². The number of H-pyrrole nitrogens is 1. The molecule has 4 aromatic rings. The number of thiazole rings is 1. The van der Waals surface area contributed by atoms with Gasteiger partial charge in [0.25, 0.3) is 5.19 Å². The van der Waals surface area contributed by atoms with E-state index in [0.717, 1.165) is 53.1 Å². The average Bonchev–Trinajstić information content (AvgIpc) is 3.37. The molecule has 5 nitrogen and oxygen atoms in total. The van der Waals surface area contributed by atoms with Crippen molar-refractivity contribution in [3.63, 3.8) is 0 Å². The number of piperidine rings is 1. The normalized spacial score (nSPS) is 15.2. The van der Waals surface area contributed by atoms with E-state index >= 15 is 0 Å². The maximum atomic E-state index is 12.8. The van der Waals surface area contributed by atoms with Crippen LogP contribution in [0.4, 0.5) is 0 Å². The first kappa shape index (κ1) is 19.1. The van der Waals surface area contributed by atoms with Crippen LogP contribution in [0.5, 0.6) is 5.19 Å². The molecule has 0 bridgehead atoms. The molecule has 0 spiro atoms. The van der Waals surface area contributed by atoms with E-state index in [4.69, 9.17) is 9.72 Å². The highest BCUT2D eigenvalue weighted by atomic mass is 32.1. The van der Waals surface area contributed by atoms with Crippen molar-refractivity contribution in [2.24, 2.45) is 0 Å². The van der Waals surface area contributed by atoms with Gasteiger partial charge in [-0.2, -0.15) is 0 Å². The summed E-state index contributed by atoms with van der Waals surface area (Å²) in [6.45, 7) is 5.66. The lowest BCUT2D eigenvalue weighted by molar-refractivity contribution is -0.132. The number of benzene rings is 2. The van der Waals surface area contributed by atoms with Gasteiger partial charge >= 0.3 is 0 Å². The number of nitrogens with zero attached hydrogens (tertiary/aromatic N) is 2. The summed E-state index contributed by atoms with van der Waals surface area (Å²) in [7, 11) is 0. The molecular weight excluding hydrogens is 394 g/mol. The Morgan fingerprint density at radius 3 is 2.73 bits per heavy atom. The lowest BCUT2D eigenvalue weighted by Crippen LogP contribution is -2.42. The molecule has 0 unspecified atom stereocenters. The maximum Gasteiger partial charge on any atom is 0.274 e. The van der Waals surface area contributed by atoms with E-state index in [2.05, 4.69) is 37.0 Å². The number of aryl methyl sites for hydroxylation is 2. The predicted molar refractivity (Wildman–Crippen MR) is 121 cm³/mol. The molecule has 154 valence electrons. The van der Waals surface area contributed by atoms with Crippen molar-refractivity contribution in [2.75, 3.05) is 13.1 Å². The summed E-state index contributed by atoms with van der Waals surface area (Å²) in [5.74, 6) is 0.185. The lowest BCUT2D eigenvalue weighted by atomic mass is 10.1. The van der Waals surface area contributed by atoms with Gasteiger partial charge in [0, 0.05) is 43.0 Å². The second-order valence-electron chi connectivity index (χ2n) is 8.09. The van der Waals surface area contributed by atoms with Crippen molar-refractivity contribution in [2.45, 2.75) is 39.2 Å². The minimum Gasteiger partial charge on any atom is -0.467 e. The zero-order valence-corrected chi connectivity index (χ0v) is 18.1. The minimum absolute atomic E-state index is 0.114. The van der Waals surface area contributed by atoms with Crippen molar-refractivity contribution >= 4 is 38.4 Å². The van der Waals surface area contributed by atoms with Gasteiger partial charge in [0.2, 0.25) is 5.91 Å². The molecule has 0 saturated carbocycles. The van der Waals surface area contributed by atoms with E-state index in [-0.39, 0.29) is 12.0 Å². The molecule has 1 saturated heterocycles. The molecule has 30 heavy (non-hydrogen) atoms. The van der Waals surface area contributed by atoms with E-state index < -0.39 is 0 Å². The van der Waals surface area contributed by atoms with Crippen molar-refractivity contribution in [3.05, 3.63) is 59.3 Å². The average molecular weight is 420 g/mol. The van der Waals surface area contributed by atoms with Gasteiger partial charge in [-0.1, -0.05) is 41.7 Å². The molecule has 1 N–H and O–H groups in total. The van der Waals surface area contributed by atoms with Gasteiger partial charge in [-0.3, -0.25) is 4.79 Å². The van der Waals surface area contributed by atoms with Crippen molar-refractivity contribution < 1.29 is 9.53 Å². The summed E-state index contributed by atoms with van der Waals surface area (Å²) in [6, 6.07) is 12.4. The molecule has 1 aliphatic rings. The van der Waals surface area contributed by atoms with Gasteiger partial charge in [-0.25, -0.2) is 4.98 Å². The first-order chi connectivity index (χ1) is 14.6. The second kappa shape index (κ2) is 7.76. The topological polar surface area (TPSA) is 58.2 Å². The number of nitrogens with one attached hydrogen (secondary N) is 1. The Labute approximate surface area is 179 Å². The first-order valence-corrected chi connectivity index (χ1v) is 11.3. The summed E-state index contributed by atoms with van der Waals surface area (Å²) >= 11 is 1.63. The highest BCUT2D eigenvalue weighted by Gasteiger charge is 2.25. The van der Waals surface area contributed by atoms with E-state index in [1.54, 1.807) is 11.3 Å². The van der Waals surface area contributed by atoms with Gasteiger partial charge < -0.3 is 14.6 Å². The highest BCUT2D eigenvalue weighted by Crippen LogP contribution is 2.33. The standard InChI is InChI=1S/C24H25N3O2S/c1-15-7-8-16(2)23-22(15)26-24(30-23)29-18-9-11-27(12-10-18)21(28)13-17-14-25-20-6-4-3-5-19(17)20/h3-8,14,18,25H,9-13H2,1-2H3. The summed E-state index contributed by atoms with van der Waals surface area (Å²) < 4.78 is 7.41. The Morgan fingerprint density at radius 1 is 1.17 bits per heavy atom. The van der Waals surface area contributed by atoms with Gasteiger partial charge in [0.05, 0.1) is 16.6 Å². The molecule has 0 atom stereocenters. The SMILES string of the molecule is Cc1ccc(C)c2sc(OC3CCN(C(=O)Cc4c[nH]c5ccccc45)CC3)nc12. The molecule has 2 aromatic carbocycles. The van der Waals surface area contributed by atoms with Crippen molar-refractivity contribution in [3.8, 4) is 5.19 Å². The van der Waals surface area contributed by atoms with Crippen LogP contribution in [-0.4, -0.2) is 40.0 Å². The van der Waals surface area contributed by atoms with E-state index in [1.165, 1.54) is 15.8 Å². The number of aromatic amines is 1. The predicted octanol–water partition coefficient (Wildman–Crippen LogP) is 5.01. The molecule has 1 fully saturated rings. The minimum atomic E-state index is 0.114. The molecule has 0 aliphatic carbocycles. The zero-order chi connectivity index (χ0) is 20.7. The van der Waals surface area contributed by atoms with Crippen molar-refractivity contribution in [1.29, 1.82) is 0 Å². The number of aromatic nitrogens is 2. The molecule has 0 radical (unpaired) electrons. The van der Waals surface area contributed by atoms with Gasteiger partial charge in [-0.05, 0) is 36.6 Å². The number of amides is 1. The van der Waals surface area contributed by atoms with E-state index in [0.29, 0.717) is 6.42 Å². The summed E-state index contributed by atoms with van der Waals surface area (Å²) in [6.07, 6.45) is 4.19. The molecule has 2 aromatic heterocycles. The lowest BCUT2D eigenvalue weighted by Gasteiger charge is -2.31.